The summed E-state index contributed by atoms with van der Waals surface area (Å²) in [6.45, 7) is 0. The van der Waals surface area contributed by atoms with Gasteiger partial charge in [-0.05, 0) is 61.8 Å². The molecule has 0 radical (unpaired) electrons. The number of hydrogen-bond donors (Lipinski definition) is 1. The highest BCUT2D eigenvalue weighted by atomic mass is 16.4. The van der Waals surface area contributed by atoms with E-state index < -0.39 is 5.97 Å². The highest BCUT2D eigenvalue weighted by molar-refractivity contribution is 5.85. The fourth-order valence-corrected chi connectivity index (χ4v) is 5.02. The van der Waals surface area contributed by atoms with Crippen LogP contribution in [-0.2, 0) is 0 Å². The summed E-state index contributed by atoms with van der Waals surface area (Å²) in [6, 6.07) is 1.98. The Morgan fingerprint density at radius 2 is 1.78 bits per heavy atom. The lowest BCUT2D eigenvalue weighted by Crippen LogP contribution is -2.46. The number of carbonyl (C=O) groups is 1. The van der Waals surface area contributed by atoms with Crippen LogP contribution >= 0.6 is 0 Å². The SMILES string of the molecule is O=C(O)c1ccnn1C1C2CC3CC(C2)CC1C3. The molecule has 0 amide bonds. The van der Waals surface area contributed by atoms with Crippen molar-refractivity contribution in [3.63, 3.8) is 0 Å². The Bertz CT molecular complexity index is 466. The smallest absolute Gasteiger partial charge is 0.354 e. The summed E-state index contributed by atoms with van der Waals surface area (Å²) in [4.78, 5) is 11.3. The maximum Gasteiger partial charge on any atom is 0.354 e. The summed E-state index contributed by atoms with van der Waals surface area (Å²) in [6.07, 6.45) is 8.21. The van der Waals surface area contributed by atoms with E-state index in [4.69, 9.17) is 0 Å². The molecule has 1 heterocycles. The van der Waals surface area contributed by atoms with Crippen LogP contribution in [0.25, 0.3) is 0 Å². The third-order valence-electron chi connectivity index (χ3n) is 5.35. The molecule has 0 unspecified atom stereocenters. The molecule has 4 bridgehead atoms. The highest BCUT2D eigenvalue weighted by Crippen LogP contribution is 2.58. The normalized spacial score (nSPS) is 41.2. The van der Waals surface area contributed by atoms with Crippen molar-refractivity contribution in [2.75, 3.05) is 0 Å². The average molecular weight is 246 g/mol. The van der Waals surface area contributed by atoms with E-state index in [2.05, 4.69) is 5.10 Å². The molecule has 18 heavy (non-hydrogen) atoms. The predicted molar refractivity (Wildman–Crippen MR) is 65.3 cm³/mol. The number of rotatable bonds is 2. The number of carboxylic acids is 1. The summed E-state index contributed by atoms with van der Waals surface area (Å²) in [5, 5.41) is 13.6. The van der Waals surface area contributed by atoms with E-state index >= 15 is 0 Å². The first-order chi connectivity index (χ1) is 8.72. The molecule has 5 rings (SSSR count). The van der Waals surface area contributed by atoms with Gasteiger partial charge in [0, 0.05) is 6.20 Å². The Morgan fingerprint density at radius 1 is 1.17 bits per heavy atom. The number of hydrogen-bond acceptors (Lipinski definition) is 2. The first-order valence-corrected chi connectivity index (χ1v) is 6.99. The van der Waals surface area contributed by atoms with Crippen molar-refractivity contribution in [2.24, 2.45) is 23.7 Å². The van der Waals surface area contributed by atoms with Crippen LogP contribution in [0, 0.1) is 23.7 Å². The van der Waals surface area contributed by atoms with E-state index in [-0.39, 0.29) is 0 Å². The van der Waals surface area contributed by atoms with Gasteiger partial charge < -0.3 is 5.11 Å². The molecule has 4 aliphatic rings. The van der Waals surface area contributed by atoms with Gasteiger partial charge in [0.15, 0.2) is 0 Å². The molecule has 0 aliphatic heterocycles. The molecule has 1 N–H and O–H groups in total. The first kappa shape index (κ1) is 10.6. The van der Waals surface area contributed by atoms with Gasteiger partial charge in [-0.25, -0.2) is 4.79 Å². The van der Waals surface area contributed by atoms with E-state index in [1.807, 2.05) is 4.68 Å². The molecule has 96 valence electrons. The van der Waals surface area contributed by atoms with Crippen molar-refractivity contribution >= 4 is 5.97 Å². The lowest BCUT2D eigenvalue weighted by atomic mass is 9.54. The zero-order chi connectivity index (χ0) is 12.3. The van der Waals surface area contributed by atoms with Crippen LogP contribution in [0.15, 0.2) is 12.3 Å². The highest BCUT2D eigenvalue weighted by Gasteiger charge is 2.49. The molecule has 4 aliphatic carbocycles. The molecule has 4 fully saturated rings. The Balaban J connectivity index is 1.72. The molecular weight excluding hydrogens is 228 g/mol. The van der Waals surface area contributed by atoms with Crippen LogP contribution in [0.4, 0.5) is 0 Å². The molecule has 0 aromatic carbocycles. The van der Waals surface area contributed by atoms with Gasteiger partial charge in [0.25, 0.3) is 0 Å². The second kappa shape index (κ2) is 3.59. The van der Waals surface area contributed by atoms with Crippen LogP contribution < -0.4 is 0 Å². The quantitative estimate of drug-likeness (QED) is 0.872. The zero-order valence-corrected chi connectivity index (χ0v) is 10.3. The van der Waals surface area contributed by atoms with Gasteiger partial charge in [-0.1, -0.05) is 0 Å². The number of nitrogens with zero attached hydrogens (tertiary/aromatic N) is 2. The van der Waals surface area contributed by atoms with Gasteiger partial charge in [0.1, 0.15) is 5.69 Å². The second-order valence-electron chi connectivity index (χ2n) is 6.39. The third kappa shape index (κ3) is 1.38. The van der Waals surface area contributed by atoms with Gasteiger partial charge in [-0.3, -0.25) is 4.68 Å². The van der Waals surface area contributed by atoms with E-state index in [0.717, 1.165) is 11.8 Å². The molecule has 1 aromatic heterocycles. The Hall–Kier alpha value is -1.32. The number of aromatic carboxylic acids is 1. The Kier molecular flexibility index (Phi) is 2.11. The molecule has 0 spiro atoms. The van der Waals surface area contributed by atoms with E-state index in [0.29, 0.717) is 23.6 Å². The first-order valence-electron chi connectivity index (χ1n) is 6.99. The summed E-state index contributed by atoms with van der Waals surface area (Å²) in [5.41, 5.74) is 0.368. The van der Waals surface area contributed by atoms with E-state index in [9.17, 15) is 9.90 Å². The lowest BCUT2D eigenvalue weighted by Gasteiger charge is -2.54. The second-order valence-corrected chi connectivity index (χ2v) is 6.39. The minimum atomic E-state index is -0.846. The van der Waals surface area contributed by atoms with Crippen LogP contribution in [0.5, 0.6) is 0 Å². The molecule has 0 atom stereocenters. The van der Waals surface area contributed by atoms with Gasteiger partial charge in [-0.15, -0.1) is 0 Å². The number of aromatic nitrogens is 2. The van der Waals surface area contributed by atoms with Gasteiger partial charge in [0.05, 0.1) is 6.04 Å². The van der Waals surface area contributed by atoms with Crippen molar-refractivity contribution in [1.82, 2.24) is 9.78 Å². The maximum atomic E-state index is 11.3. The monoisotopic (exact) mass is 246 g/mol. The van der Waals surface area contributed by atoms with E-state index in [1.165, 1.54) is 32.1 Å². The Labute approximate surface area is 106 Å². The molecule has 4 saturated carbocycles. The van der Waals surface area contributed by atoms with Crippen molar-refractivity contribution in [2.45, 2.75) is 38.1 Å². The Morgan fingerprint density at radius 3 is 2.33 bits per heavy atom. The lowest BCUT2D eigenvalue weighted by molar-refractivity contribution is -0.0347. The molecular formula is C14H18N2O2. The maximum absolute atomic E-state index is 11.3. The van der Waals surface area contributed by atoms with Crippen LogP contribution in [-0.4, -0.2) is 20.9 Å². The summed E-state index contributed by atoms with van der Waals surface area (Å²) in [5.74, 6) is 2.31. The topological polar surface area (TPSA) is 55.1 Å². The van der Waals surface area contributed by atoms with Crippen molar-refractivity contribution in [3.8, 4) is 0 Å². The van der Waals surface area contributed by atoms with Crippen LogP contribution in [0.3, 0.4) is 0 Å². The summed E-state index contributed by atoms with van der Waals surface area (Å²) >= 11 is 0. The average Bonchev–Trinajstić information content (AvgIpc) is 2.76. The summed E-state index contributed by atoms with van der Waals surface area (Å²) in [7, 11) is 0. The fraction of sp³-hybridized carbons (Fsp3) is 0.714. The zero-order valence-electron chi connectivity index (χ0n) is 10.3. The largest absolute Gasteiger partial charge is 0.477 e. The predicted octanol–water partition coefficient (Wildman–Crippen LogP) is 2.58. The van der Waals surface area contributed by atoms with Crippen molar-refractivity contribution < 1.29 is 9.90 Å². The van der Waals surface area contributed by atoms with Crippen LogP contribution in [0.2, 0.25) is 0 Å². The van der Waals surface area contributed by atoms with Gasteiger partial charge in [0.2, 0.25) is 0 Å². The fourth-order valence-electron chi connectivity index (χ4n) is 5.02. The number of carboxylic acid groups (broad SMARTS) is 1. The standard InChI is InChI=1S/C14H18N2O2/c17-14(18)12-1-2-15-16(12)13-10-4-8-3-9(6-10)7-11(13)5-8/h1-2,8-11,13H,3-7H2,(H,17,18). The summed E-state index contributed by atoms with van der Waals surface area (Å²) < 4.78 is 1.81. The molecule has 4 heteroatoms. The molecule has 1 aromatic rings. The van der Waals surface area contributed by atoms with Crippen molar-refractivity contribution in [3.05, 3.63) is 18.0 Å². The van der Waals surface area contributed by atoms with Gasteiger partial charge in [-0.2, -0.15) is 5.10 Å². The van der Waals surface area contributed by atoms with Crippen LogP contribution in [0.1, 0.15) is 48.6 Å². The third-order valence-corrected chi connectivity index (χ3v) is 5.35. The van der Waals surface area contributed by atoms with Gasteiger partial charge >= 0.3 is 5.97 Å². The molecule has 0 saturated heterocycles. The van der Waals surface area contributed by atoms with E-state index in [1.54, 1.807) is 12.3 Å². The minimum Gasteiger partial charge on any atom is -0.477 e. The minimum absolute atomic E-state index is 0.346. The molecule has 4 nitrogen and oxygen atoms in total. The van der Waals surface area contributed by atoms with Crippen molar-refractivity contribution in [1.29, 1.82) is 0 Å².